The molecular weight excluding hydrogens is 376 g/mol. The molecule has 4 unspecified atom stereocenters. The summed E-state index contributed by atoms with van der Waals surface area (Å²) in [6.45, 7) is 11.4. The van der Waals surface area contributed by atoms with Crippen molar-refractivity contribution in [3.63, 3.8) is 0 Å². The van der Waals surface area contributed by atoms with Crippen LogP contribution in [0.4, 0.5) is 0 Å². The van der Waals surface area contributed by atoms with Crippen LogP contribution in [0.5, 0.6) is 0 Å². The van der Waals surface area contributed by atoms with Gasteiger partial charge in [-0.25, -0.2) is 0 Å². The van der Waals surface area contributed by atoms with Gasteiger partial charge in [0.2, 0.25) is 0 Å². The van der Waals surface area contributed by atoms with E-state index in [9.17, 15) is 15.0 Å². The molecule has 0 aromatic heterocycles. The molecule has 4 fully saturated rings. The van der Waals surface area contributed by atoms with Crippen LogP contribution in [0.2, 0.25) is 0 Å². The maximum absolute atomic E-state index is 11.6. The minimum atomic E-state index is -0.249. The first-order valence-electron chi connectivity index (χ1n) is 12.6. The predicted octanol–water partition coefficient (Wildman–Crippen LogP) is 4.81. The molecule has 0 spiro atoms. The van der Waals surface area contributed by atoms with E-state index in [0.29, 0.717) is 40.9 Å². The van der Waals surface area contributed by atoms with Crippen LogP contribution >= 0.6 is 0 Å². The standard InChI is InChI=1S/C26H44O4/c1-15(10-13-27)19-6-7-20-23-21(9-12-25(19,20)4)26(5)11-8-18(30-17(3)28)14-22(26)16(2)24(23)29/h15-16,18-24,27,29H,6-14H2,1-5H3/t15-,16-,18-,19-,20?,21?,22?,23?,24-,25-,26-/m1/s1. The lowest BCUT2D eigenvalue weighted by molar-refractivity contribution is -0.203. The summed E-state index contributed by atoms with van der Waals surface area (Å²) >= 11 is 0. The Bertz CT molecular complexity index is 649. The van der Waals surface area contributed by atoms with Crippen molar-refractivity contribution in [3.8, 4) is 0 Å². The highest BCUT2D eigenvalue weighted by Gasteiger charge is 2.64. The fourth-order valence-electron chi connectivity index (χ4n) is 9.35. The molecular formula is C26H44O4. The SMILES string of the molecule is CC(=O)O[C@@H]1CC[C@]2(C)C3CC[C@@]4(C)C(CC[C@@H]4[C@H](C)CCO)C3[C@H](O)[C@H](C)C2C1. The summed E-state index contributed by atoms with van der Waals surface area (Å²) in [4.78, 5) is 11.5. The lowest BCUT2D eigenvalue weighted by Gasteiger charge is -2.64. The van der Waals surface area contributed by atoms with Crippen LogP contribution in [0.15, 0.2) is 0 Å². The molecule has 4 aliphatic carbocycles. The van der Waals surface area contributed by atoms with Crippen LogP contribution in [0.1, 0.15) is 86.0 Å². The Balaban J connectivity index is 1.60. The van der Waals surface area contributed by atoms with Crippen molar-refractivity contribution in [2.45, 2.75) is 98.2 Å². The normalized spacial score (nSPS) is 51.4. The topological polar surface area (TPSA) is 66.8 Å². The highest BCUT2D eigenvalue weighted by molar-refractivity contribution is 5.66. The Morgan fingerprint density at radius 3 is 2.40 bits per heavy atom. The van der Waals surface area contributed by atoms with Crippen LogP contribution < -0.4 is 0 Å². The predicted molar refractivity (Wildman–Crippen MR) is 118 cm³/mol. The third-order valence-corrected chi connectivity index (χ3v) is 10.8. The average molecular weight is 421 g/mol. The number of fused-ring (bicyclic) bond motifs is 5. The molecule has 0 aromatic carbocycles. The van der Waals surface area contributed by atoms with Gasteiger partial charge in [-0.3, -0.25) is 4.79 Å². The molecule has 11 atom stereocenters. The van der Waals surface area contributed by atoms with Crippen molar-refractivity contribution >= 4 is 5.97 Å². The molecule has 0 amide bonds. The maximum atomic E-state index is 11.6. The van der Waals surface area contributed by atoms with E-state index in [1.54, 1.807) is 0 Å². The van der Waals surface area contributed by atoms with E-state index in [1.165, 1.54) is 32.6 Å². The van der Waals surface area contributed by atoms with E-state index >= 15 is 0 Å². The summed E-state index contributed by atoms with van der Waals surface area (Å²) in [5, 5.41) is 21.1. The lowest BCUT2D eigenvalue weighted by Crippen LogP contribution is -2.61. The van der Waals surface area contributed by atoms with E-state index in [4.69, 9.17) is 4.74 Å². The maximum Gasteiger partial charge on any atom is 0.302 e. The summed E-state index contributed by atoms with van der Waals surface area (Å²) in [5.41, 5.74) is 0.546. The smallest absolute Gasteiger partial charge is 0.302 e. The van der Waals surface area contributed by atoms with E-state index in [-0.39, 0.29) is 36.1 Å². The van der Waals surface area contributed by atoms with Crippen molar-refractivity contribution < 1.29 is 19.7 Å². The zero-order valence-electron chi connectivity index (χ0n) is 19.8. The minimum Gasteiger partial charge on any atom is -0.463 e. The lowest BCUT2D eigenvalue weighted by atomic mass is 9.42. The van der Waals surface area contributed by atoms with Gasteiger partial charge in [-0.05, 0) is 104 Å². The van der Waals surface area contributed by atoms with E-state index in [1.807, 2.05) is 0 Å². The second kappa shape index (κ2) is 8.06. The first kappa shape index (κ1) is 22.6. The van der Waals surface area contributed by atoms with E-state index in [0.717, 1.165) is 25.7 Å². The van der Waals surface area contributed by atoms with Gasteiger partial charge in [0, 0.05) is 13.5 Å². The molecule has 30 heavy (non-hydrogen) atoms. The Morgan fingerprint density at radius 2 is 1.73 bits per heavy atom. The Morgan fingerprint density at radius 1 is 1.07 bits per heavy atom. The molecule has 0 aliphatic heterocycles. The molecule has 4 heteroatoms. The molecule has 0 radical (unpaired) electrons. The fraction of sp³-hybridized carbons (Fsp3) is 0.962. The molecule has 0 aromatic rings. The van der Waals surface area contributed by atoms with Crippen molar-refractivity contribution in [1.29, 1.82) is 0 Å². The summed E-state index contributed by atoms with van der Waals surface area (Å²) in [5.74, 6) is 3.32. The molecule has 0 heterocycles. The molecule has 4 aliphatic rings. The summed E-state index contributed by atoms with van der Waals surface area (Å²) in [6, 6.07) is 0. The van der Waals surface area contributed by atoms with Gasteiger partial charge in [-0.1, -0.05) is 27.7 Å². The zero-order chi connectivity index (χ0) is 21.8. The van der Waals surface area contributed by atoms with Gasteiger partial charge in [-0.15, -0.1) is 0 Å². The van der Waals surface area contributed by atoms with E-state index < -0.39 is 0 Å². The largest absolute Gasteiger partial charge is 0.463 e. The number of carbonyl (C=O) groups excluding carboxylic acids is 1. The van der Waals surface area contributed by atoms with Gasteiger partial charge in [0.05, 0.1) is 6.10 Å². The minimum absolute atomic E-state index is 0.0239. The first-order valence-corrected chi connectivity index (χ1v) is 12.6. The molecule has 0 saturated heterocycles. The van der Waals surface area contributed by atoms with Crippen molar-refractivity contribution in [2.75, 3.05) is 6.61 Å². The average Bonchev–Trinajstić information content (AvgIpc) is 3.04. The van der Waals surface area contributed by atoms with Crippen LogP contribution in [0, 0.1) is 52.3 Å². The highest BCUT2D eigenvalue weighted by Crippen LogP contribution is 2.69. The highest BCUT2D eigenvalue weighted by atomic mass is 16.5. The molecule has 4 nitrogen and oxygen atoms in total. The first-order chi connectivity index (χ1) is 14.1. The van der Waals surface area contributed by atoms with Gasteiger partial charge in [0.25, 0.3) is 0 Å². The van der Waals surface area contributed by atoms with Gasteiger partial charge in [0.1, 0.15) is 6.10 Å². The van der Waals surface area contributed by atoms with Crippen LogP contribution in [0.25, 0.3) is 0 Å². The number of hydrogen-bond donors (Lipinski definition) is 2. The summed E-state index contributed by atoms with van der Waals surface area (Å²) < 4.78 is 5.61. The second-order valence-corrected chi connectivity index (χ2v) is 12.0. The fourth-order valence-corrected chi connectivity index (χ4v) is 9.35. The van der Waals surface area contributed by atoms with Gasteiger partial charge >= 0.3 is 5.97 Å². The Labute approximate surface area is 183 Å². The molecule has 0 bridgehead atoms. The van der Waals surface area contributed by atoms with Crippen LogP contribution in [0.3, 0.4) is 0 Å². The third-order valence-electron chi connectivity index (χ3n) is 10.8. The third kappa shape index (κ3) is 3.36. The number of rotatable bonds is 4. The van der Waals surface area contributed by atoms with Gasteiger partial charge < -0.3 is 14.9 Å². The number of aliphatic hydroxyl groups excluding tert-OH is 2. The monoisotopic (exact) mass is 420 g/mol. The number of hydrogen-bond acceptors (Lipinski definition) is 4. The zero-order valence-corrected chi connectivity index (χ0v) is 19.8. The van der Waals surface area contributed by atoms with Crippen molar-refractivity contribution in [2.24, 2.45) is 52.3 Å². The molecule has 2 N–H and O–H groups in total. The Kier molecular flexibility index (Phi) is 6.07. The number of aliphatic hydroxyl groups is 2. The van der Waals surface area contributed by atoms with Crippen molar-refractivity contribution in [3.05, 3.63) is 0 Å². The molecule has 4 saturated carbocycles. The van der Waals surface area contributed by atoms with Gasteiger partial charge in [0.15, 0.2) is 0 Å². The quantitative estimate of drug-likeness (QED) is 0.640. The number of carbonyl (C=O) groups is 1. The summed E-state index contributed by atoms with van der Waals surface area (Å²) in [6.07, 6.45) is 8.63. The number of esters is 1. The summed E-state index contributed by atoms with van der Waals surface area (Å²) in [7, 11) is 0. The van der Waals surface area contributed by atoms with Crippen LogP contribution in [-0.2, 0) is 9.53 Å². The Hall–Kier alpha value is -0.610. The van der Waals surface area contributed by atoms with Crippen LogP contribution in [-0.4, -0.2) is 35.0 Å². The van der Waals surface area contributed by atoms with E-state index in [2.05, 4.69) is 27.7 Å². The van der Waals surface area contributed by atoms with Crippen molar-refractivity contribution in [1.82, 2.24) is 0 Å². The second-order valence-electron chi connectivity index (χ2n) is 12.0. The number of ether oxygens (including phenoxy) is 1. The molecule has 172 valence electrons. The van der Waals surface area contributed by atoms with Gasteiger partial charge in [-0.2, -0.15) is 0 Å². The molecule has 4 rings (SSSR count).